The molecule has 3 rings (SSSR count). The zero-order valence-corrected chi connectivity index (χ0v) is 14.1. The Morgan fingerprint density at radius 1 is 1.38 bits per heavy atom. The number of nitriles is 1. The lowest BCUT2D eigenvalue weighted by molar-refractivity contribution is -0.0428. The number of hydrogen-bond donors (Lipinski definition) is 1. The van der Waals surface area contributed by atoms with E-state index >= 15 is 0 Å². The van der Waals surface area contributed by atoms with Crippen LogP contribution in [0.1, 0.15) is 37.6 Å². The summed E-state index contributed by atoms with van der Waals surface area (Å²) < 4.78 is 12.7. The van der Waals surface area contributed by atoms with Gasteiger partial charge in [0.15, 0.2) is 5.49 Å². The lowest BCUT2D eigenvalue weighted by atomic mass is 9.92. The van der Waals surface area contributed by atoms with Crippen molar-refractivity contribution in [1.29, 1.82) is 10.7 Å². The Bertz CT molecular complexity index is 860. The molecule has 6 heteroatoms. The van der Waals surface area contributed by atoms with Crippen molar-refractivity contribution in [3.05, 3.63) is 46.6 Å². The number of benzene rings is 1. The van der Waals surface area contributed by atoms with Gasteiger partial charge in [-0.3, -0.25) is 5.41 Å². The van der Waals surface area contributed by atoms with Gasteiger partial charge in [-0.05, 0) is 45.0 Å². The summed E-state index contributed by atoms with van der Waals surface area (Å²) in [6.45, 7) is 6.83. The van der Waals surface area contributed by atoms with Gasteiger partial charge < -0.3 is 9.47 Å². The van der Waals surface area contributed by atoms with E-state index in [1.807, 2.05) is 45.0 Å². The summed E-state index contributed by atoms with van der Waals surface area (Å²) in [5.41, 5.74) is 2.37. The summed E-state index contributed by atoms with van der Waals surface area (Å²) in [5.74, 6) is 0.761. The average molecular weight is 324 g/mol. The molecule has 24 heavy (non-hydrogen) atoms. The van der Waals surface area contributed by atoms with Crippen molar-refractivity contribution in [2.75, 3.05) is 6.61 Å². The summed E-state index contributed by atoms with van der Waals surface area (Å²) in [7, 11) is 0. The van der Waals surface area contributed by atoms with Gasteiger partial charge in [0.05, 0.1) is 30.2 Å². The van der Waals surface area contributed by atoms with Crippen molar-refractivity contribution in [1.82, 2.24) is 9.78 Å². The summed E-state index contributed by atoms with van der Waals surface area (Å²) in [5, 5.41) is 22.5. The second-order valence-electron chi connectivity index (χ2n) is 6.32. The maximum absolute atomic E-state index is 9.56. The molecule has 0 radical (unpaired) electrons. The second kappa shape index (κ2) is 6.10. The normalized spacial score (nSPS) is 15.4. The van der Waals surface area contributed by atoms with Crippen LogP contribution < -0.4 is 10.2 Å². The third kappa shape index (κ3) is 2.91. The Balaban J connectivity index is 2.11. The summed E-state index contributed by atoms with van der Waals surface area (Å²) >= 11 is 0. The third-order valence-corrected chi connectivity index (χ3v) is 4.03. The number of nitrogens with zero attached hydrogens (tertiary/aromatic N) is 3. The van der Waals surface area contributed by atoms with Gasteiger partial charge in [0.1, 0.15) is 17.4 Å². The maximum atomic E-state index is 9.56. The van der Waals surface area contributed by atoms with Gasteiger partial charge in [-0.25, -0.2) is 4.68 Å². The Kier molecular flexibility index (Phi) is 4.12. The molecule has 0 spiro atoms. The van der Waals surface area contributed by atoms with Crippen LogP contribution in [0, 0.1) is 16.7 Å². The van der Waals surface area contributed by atoms with E-state index < -0.39 is 0 Å². The monoisotopic (exact) mass is 324 g/mol. The quantitative estimate of drug-likeness (QED) is 0.940. The van der Waals surface area contributed by atoms with E-state index in [4.69, 9.17) is 14.9 Å². The average Bonchev–Trinajstić information content (AvgIpc) is 2.55. The van der Waals surface area contributed by atoms with E-state index in [1.165, 1.54) is 4.68 Å². The maximum Gasteiger partial charge on any atom is 0.164 e. The fraction of sp³-hybridized carbons (Fsp3) is 0.389. The highest BCUT2D eigenvalue weighted by Crippen LogP contribution is 2.27. The molecule has 6 nitrogen and oxygen atoms in total. The molecule has 1 aromatic heterocycles. The predicted octanol–water partition coefficient (Wildman–Crippen LogP) is 2.47. The van der Waals surface area contributed by atoms with Crippen molar-refractivity contribution in [2.45, 2.75) is 39.4 Å². The first-order chi connectivity index (χ1) is 11.4. The smallest absolute Gasteiger partial charge is 0.164 e. The molecule has 1 aliphatic rings. The summed E-state index contributed by atoms with van der Waals surface area (Å²) in [6, 6.07) is 9.50. The van der Waals surface area contributed by atoms with Gasteiger partial charge in [-0.2, -0.15) is 10.4 Å². The SMILES string of the molecule is CCOc1ccc(-n2nc3c(c(C#N)c2=N)CC(C)(C)OC3)cc1. The number of hydrogen-bond acceptors (Lipinski definition) is 5. The van der Waals surface area contributed by atoms with E-state index in [9.17, 15) is 5.26 Å². The molecule has 2 heterocycles. The van der Waals surface area contributed by atoms with E-state index in [0.717, 1.165) is 17.0 Å². The molecule has 124 valence electrons. The zero-order valence-electron chi connectivity index (χ0n) is 14.1. The first-order valence-electron chi connectivity index (χ1n) is 7.92. The Labute approximate surface area is 140 Å². The summed E-state index contributed by atoms with van der Waals surface area (Å²) in [4.78, 5) is 0. The zero-order chi connectivity index (χ0) is 17.3. The highest BCUT2D eigenvalue weighted by atomic mass is 16.5. The van der Waals surface area contributed by atoms with E-state index in [2.05, 4.69) is 11.2 Å². The molecule has 0 saturated carbocycles. The van der Waals surface area contributed by atoms with Crippen LogP contribution in [0.4, 0.5) is 0 Å². The van der Waals surface area contributed by atoms with E-state index in [1.54, 1.807) is 0 Å². The number of rotatable bonds is 3. The Hall–Kier alpha value is -2.65. The molecule has 0 saturated heterocycles. The molecule has 0 fully saturated rings. The minimum absolute atomic E-state index is 0.0955. The van der Waals surface area contributed by atoms with Crippen LogP contribution in [0.2, 0.25) is 0 Å². The molecule has 0 atom stereocenters. The fourth-order valence-corrected chi connectivity index (χ4v) is 2.83. The van der Waals surface area contributed by atoms with Gasteiger partial charge in [0, 0.05) is 12.0 Å². The Morgan fingerprint density at radius 3 is 2.71 bits per heavy atom. The minimum atomic E-state index is -0.349. The van der Waals surface area contributed by atoms with E-state index in [-0.39, 0.29) is 11.1 Å². The molecule has 0 amide bonds. The highest BCUT2D eigenvalue weighted by Gasteiger charge is 2.30. The molecule has 1 N–H and O–H groups in total. The molecule has 0 unspecified atom stereocenters. The molecular formula is C18H20N4O2. The highest BCUT2D eigenvalue weighted by molar-refractivity contribution is 5.43. The topological polar surface area (TPSA) is 83.9 Å². The molecule has 2 aromatic rings. The first kappa shape index (κ1) is 16.2. The fourth-order valence-electron chi connectivity index (χ4n) is 2.83. The van der Waals surface area contributed by atoms with Crippen LogP contribution in [-0.4, -0.2) is 22.0 Å². The number of ether oxygens (including phenoxy) is 2. The molecule has 1 aromatic carbocycles. The number of fused-ring (bicyclic) bond motifs is 1. The lowest BCUT2D eigenvalue weighted by Gasteiger charge is -2.31. The third-order valence-electron chi connectivity index (χ3n) is 4.03. The lowest BCUT2D eigenvalue weighted by Crippen LogP contribution is -2.37. The van der Waals surface area contributed by atoms with Gasteiger partial charge >= 0.3 is 0 Å². The summed E-state index contributed by atoms with van der Waals surface area (Å²) in [6.07, 6.45) is 0.578. The van der Waals surface area contributed by atoms with Gasteiger partial charge in [-0.1, -0.05) is 0 Å². The van der Waals surface area contributed by atoms with Crippen molar-refractivity contribution in [2.24, 2.45) is 0 Å². The van der Waals surface area contributed by atoms with Crippen LogP contribution in [0.25, 0.3) is 5.69 Å². The van der Waals surface area contributed by atoms with Gasteiger partial charge in [-0.15, -0.1) is 0 Å². The predicted molar refractivity (Wildman–Crippen MR) is 87.9 cm³/mol. The van der Waals surface area contributed by atoms with Crippen molar-refractivity contribution in [3.8, 4) is 17.5 Å². The molecule has 1 aliphatic heterocycles. The number of aromatic nitrogens is 2. The minimum Gasteiger partial charge on any atom is -0.494 e. The molecular weight excluding hydrogens is 304 g/mol. The van der Waals surface area contributed by atoms with Crippen LogP contribution >= 0.6 is 0 Å². The van der Waals surface area contributed by atoms with Gasteiger partial charge in [0.2, 0.25) is 0 Å². The van der Waals surface area contributed by atoms with Crippen LogP contribution in [0.5, 0.6) is 5.75 Å². The van der Waals surface area contributed by atoms with Gasteiger partial charge in [0.25, 0.3) is 0 Å². The van der Waals surface area contributed by atoms with Crippen LogP contribution in [-0.2, 0) is 17.8 Å². The standard InChI is InChI=1S/C18H20N4O2/c1-4-23-13-7-5-12(6-8-13)22-17(20)15(10-19)14-9-18(2,3)24-11-16(14)21-22/h5-8,20H,4,9,11H2,1-3H3. The first-order valence-corrected chi connectivity index (χ1v) is 7.92. The van der Waals surface area contributed by atoms with Crippen LogP contribution in [0.3, 0.4) is 0 Å². The largest absolute Gasteiger partial charge is 0.494 e. The molecule has 0 bridgehead atoms. The van der Waals surface area contributed by atoms with E-state index in [0.29, 0.717) is 30.9 Å². The second-order valence-corrected chi connectivity index (χ2v) is 6.32. The van der Waals surface area contributed by atoms with Crippen molar-refractivity contribution >= 4 is 0 Å². The van der Waals surface area contributed by atoms with Crippen LogP contribution in [0.15, 0.2) is 24.3 Å². The van der Waals surface area contributed by atoms with Crippen molar-refractivity contribution < 1.29 is 9.47 Å². The Morgan fingerprint density at radius 2 is 2.08 bits per heavy atom. The van der Waals surface area contributed by atoms with Crippen molar-refractivity contribution in [3.63, 3.8) is 0 Å². The number of nitrogens with one attached hydrogen (secondary N) is 1. The molecule has 0 aliphatic carbocycles.